The summed E-state index contributed by atoms with van der Waals surface area (Å²) in [5.74, 6) is 1.38. The van der Waals surface area contributed by atoms with Crippen LogP contribution >= 0.6 is 0 Å². The number of carbonyl (C=O) groups excluding carboxylic acids is 1. The Bertz CT molecular complexity index is 549. The lowest BCUT2D eigenvalue weighted by molar-refractivity contribution is -0.128. The molecule has 0 spiro atoms. The van der Waals surface area contributed by atoms with Crippen molar-refractivity contribution in [2.24, 2.45) is 11.3 Å². The smallest absolute Gasteiger partial charge is 0.232 e. The second kappa shape index (κ2) is 7.32. The first-order valence-corrected chi connectivity index (χ1v) is 8.48. The normalized spacial score (nSPS) is 26.6. The molecule has 2 aliphatic rings. The fourth-order valence-electron chi connectivity index (χ4n) is 3.85. The molecule has 0 aromatic heterocycles. The van der Waals surface area contributed by atoms with E-state index in [1.807, 2.05) is 24.3 Å². The predicted octanol–water partition coefficient (Wildman–Crippen LogP) is 2.43. The van der Waals surface area contributed by atoms with Crippen LogP contribution in [0.15, 0.2) is 24.3 Å². The molecule has 1 aromatic carbocycles. The van der Waals surface area contributed by atoms with E-state index in [0.717, 1.165) is 43.8 Å². The molecule has 1 amide bonds. The molecule has 1 saturated carbocycles. The fraction of sp³-hybridized carbons (Fsp3) is 0.611. The van der Waals surface area contributed by atoms with E-state index in [9.17, 15) is 4.79 Å². The first kappa shape index (κ1) is 16.3. The average molecular weight is 318 g/mol. The third-order valence-corrected chi connectivity index (χ3v) is 5.14. The summed E-state index contributed by atoms with van der Waals surface area (Å²) < 4.78 is 10.6. The number of methoxy groups -OCH3 is 1. The van der Waals surface area contributed by atoms with Crippen molar-refractivity contribution in [1.82, 2.24) is 5.32 Å². The summed E-state index contributed by atoms with van der Waals surface area (Å²) in [5, 5.41) is 6.53. The van der Waals surface area contributed by atoms with Crippen molar-refractivity contribution in [2.45, 2.75) is 25.7 Å². The number of nitrogens with one attached hydrogen (secondary N) is 2. The van der Waals surface area contributed by atoms with Crippen LogP contribution in [0.25, 0.3) is 0 Å². The van der Waals surface area contributed by atoms with Crippen LogP contribution in [0.3, 0.4) is 0 Å². The quantitative estimate of drug-likeness (QED) is 0.791. The van der Waals surface area contributed by atoms with Gasteiger partial charge in [0.05, 0.1) is 12.0 Å². The molecule has 23 heavy (non-hydrogen) atoms. The van der Waals surface area contributed by atoms with E-state index in [1.54, 1.807) is 7.11 Å². The van der Waals surface area contributed by atoms with Crippen molar-refractivity contribution in [3.8, 4) is 5.75 Å². The van der Waals surface area contributed by atoms with Gasteiger partial charge in [-0.25, -0.2) is 0 Å². The van der Waals surface area contributed by atoms with Gasteiger partial charge in [0.25, 0.3) is 0 Å². The van der Waals surface area contributed by atoms with E-state index in [0.29, 0.717) is 19.1 Å². The highest BCUT2D eigenvalue weighted by molar-refractivity contribution is 5.96. The van der Waals surface area contributed by atoms with Gasteiger partial charge in [-0.1, -0.05) is 18.9 Å². The molecular formula is C18H26N2O3. The second-order valence-electron chi connectivity index (χ2n) is 6.55. The van der Waals surface area contributed by atoms with Crippen LogP contribution in [0.4, 0.5) is 5.69 Å². The third kappa shape index (κ3) is 3.51. The highest BCUT2D eigenvalue weighted by Gasteiger charge is 2.49. The molecule has 1 aliphatic heterocycles. The zero-order valence-electron chi connectivity index (χ0n) is 13.8. The van der Waals surface area contributed by atoms with E-state index in [-0.39, 0.29) is 11.3 Å². The molecule has 1 saturated heterocycles. The Hall–Kier alpha value is -1.59. The van der Waals surface area contributed by atoms with E-state index in [4.69, 9.17) is 9.47 Å². The Morgan fingerprint density at radius 2 is 2.30 bits per heavy atom. The topological polar surface area (TPSA) is 59.6 Å². The van der Waals surface area contributed by atoms with Gasteiger partial charge in [-0.05, 0) is 37.4 Å². The Morgan fingerprint density at radius 3 is 3.17 bits per heavy atom. The highest BCUT2D eigenvalue weighted by atomic mass is 16.5. The number of fused-ring (bicyclic) bond motifs is 1. The summed E-state index contributed by atoms with van der Waals surface area (Å²) in [6, 6.07) is 7.59. The van der Waals surface area contributed by atoms with Gasteiger partial charge in [-0.3, -0.25) is 4.79 Å². The van der Waals surface area contributed by atoms with Gasteiger partial charge < -0.3 is 20.1 Å². The standard InChI is InChI=1S/C18H26N2O3/c1-22-9-10-23-16-7-4-6-15(11-16)20-17(21)18-8-3-2-5-14(18)12-19-13-18/h4,6-7,11,14,19H,2-3,5,8-10,12-13H2,1H3,(H,20,21)/t14-,18+/m0/s1. The monoisotopic (exact) mass is 318 g/mol. The zero-order chi connectivity index (χ0) is 16.1. The number of rotatable bonds is 6. The van der Waals surface area contributed by atoms with Gasteiger partial charge in [-0.2, -0.15) is 0 Å². The molecule has 0 radical (unpaired) electrons. The van der Waals surface area contributed by atoms with Crippen molar-refractivity contribution in [3.63, 3.8) is 0 Å². The largest absolute Gasteiger partial charge is 0.491 e. The van der Waals surface area contributed by atoms with Crippen molar-refractivity contribution >= 4 is 11.6 Å². The van der Waals surface area contributed by atoms with Crippen LogP contribution < -0.4 is 15.4 Å². The van der Waals surface area contributed by atoms with Crippen molar-refractivity contribution in [1.29, 1.82) is 0 Å². The van der Waals surface area contributed by atoms with Crippen LogP contribution in [0.5, 0.6) is 5.75 Å². The molecule has 5 heteroatoms. The van der Waals surface area contributed by atoms with E-state index in [2.05, 4.69) is 10.6 Å². The van der Waals surface area contributed by atoms with Crippen molar-refractivity contribution in [2.75, 3.05) is 38.7 Å². The molecular weight excluding hydrogens is 292 g/mol. The number of hydrogen-bond donors (Lipinski definition) is 2. The van der Waals surface area contributed by atoms with Crippen LogP contribution in [-0.4, -0.2) is 39.3 Å². The Labute approximate surface area is 137 Å². The van der Waals surface area contributed by atoms with Crippen LogP contribution in [0.1, 0.15) is 25.7 Å². The van der Waals surface area contributed by atoms with Gasteiger partial charge in [0.15, 0.2) is 0 Å². The number of carbonyl (C=O) groups is 1. The lowest BCUT2D eigenvalue weighted by Gasteiger charge is -2.37. The summed E-state index contributed by atoms with van der Waals surface area (Å²) in [4.78, 5) is 12.9. The molecule has 1 aromatic rings. The minimum absolute atomic E-state index is 0.154. The average Bonchev–Trinajstić information content (AvgIpc) is 3.01. The predicted molar refractivity (Wildman–Crippen MR) is 89.7 cm³/mol. The number of amides is 1. The maximum Gasteiger partial charge on any atom is 0.232 e. The minimum atomic E-state index is -0.231. The fourth-order valence-corrected chi connectivity index (χ4v) is 3.85. The van der Waals surface area contributed by atoms with Gasteiger partial charge in [-0.15, -0.1) is 0 Å². The molecule has 2 N–H and O–H groups in total. The molecule has 2 fully saturated rings. The summed E-state index contributed by atoms with van der Waals surface area (Å²) >= 11 is 0. The summed E-state index contributed by atoms with van der Waals surface area (Å²) in [6.45, 7) is 2.82. The molecule has 3 rings (SSSR count). The number of benzene rings is 1. The van der Waals surface area contributed by atoms with Gasteiger partial charge >= 0.3 is 0 Å². The number of hydrogen-bond acceptors (Lipinski definition) is 4. The molecule has 5 nitrogen and oxygen atoms in total. The van der Waals surface area contributed by atoms with Gasteiger partial charge in [0, 0.05) is 25.4 Å². The van der Waals surface area contributed by atoms with Gasteiger partial charge in [0.2, 0.25) is 5.91 Å². The summed E-state index contributed by atoms with van der Waals surface area (Å²) in [7, 11) is 1.65. The van der Waals surface area contributed by atoms with Crippen molar-refractivity contribution in [3.05, 3.63) is 24.3 Å². The molecule has 0 bridgehead atoms. The molecule has 126 valence electrons. The second-order valence-corrected chi connectivity index (χ2v) is 6.55. The van der Waals surface area contributed by atoms with E-state index < -0.39 is 0 Å². The number of anilines is 1. The maximum atomic E-state index is 12.9. The van der Waals surface area contributed by atoms with E-state index >= 15 is 0 Å². The maximum absolute atomic E-state index is 12.9. The van der Waals surface area contributed by atoms with Crippen molar-refractivity contribution < 1.29 is 14.3 Å². The highest BCUT2D eigenvalue weighted by Crippen LogP contribution is 2.44. The first-order valence-electron chi connectivity index (χ1n) is 8.48. The Balaban J connectivity index is 1.66. The SMILES string of the molecule is COCCOc1cccc(NC(=O)[C@@]23CCCC[C@H]2CNC3)c1. The molecule has 1 aliphatic carbocycles. The summed E-state index contributed by atoms with van der Waals surface area (Å²) in [6.07, 6.45) is 4.52. The molecule has 2 atom stereocenters. The zero-order valence-corrected chi connectivity index (χ0v) is 13.8. The Kier molecular flexibility index (Phi) is 5.18. The minimum Gasteiger partial charge on any atom is -0.491 e. The van der Waals surface area contributed by atoms with Crippen LogP contribution in [0, 0.1) is 11.3 Å². The third-order valence-electron chi connectivity index (χ3n) is 5.14. The summed E-state index contributed by atoms with van der Waals surface area (Å²) in [5.41, 5.74) is 0.570. The lowest BCUT2D eigenvalue weighted by Crippen LogP contribution is -2.44. The molecule has 0 unspecified atom stereocenters. The Morgan fingerprint density at radius 1 is 1.39 bits per heavy atom. The van der Waals surface area contributed by atoms with E-state index in [1.165, 1.54) is 6.42 Å². The van der Waals surface area contributed by atoms with Crippen LogP contribution in [0.2, 0.25) is 0 Å². The molecule has 1 heterocycles. The van der Waals surface area contributed by atoms with Gasteiger partial charge in [0.1, 0.15) is 12.4 Å². The lowest BCUT2D eigenvalue weighted by atomic mass is 9.67. The van der Waals surface area contributed by atoms with Crippen LogP contribution in [-0.2, 0) is 9.53 Å². The first-order chi connectivity index (χ1) is 11.2. The number of ether oxygens (including phenoxy) is 2.